The first-order valence-corrected chi connectivity index (χ1v) is 7.36. The van der Waals surface area contributed by atoms with E-state index >= 15 is 0 Å². The van der Waals surface area contributed by atoms with Crippen LogP contribution in [-0.2, 0) is 20.7 Å². The zero-order valence-corrected chi connectivity index (χ0v) is 12.0. The van der Waals surface area contributed by atoms with Crippen molar-refractivity contribution in [1.29, 1.82) is 0 Å². The van der Waals surface area contributed by atoms with Crippen molar-refractivity contribution in [3.63, 3.8) is 0 Å². The van der Waals surface area contributed by atoms with E-state index in [0.29, 0.717) is 12.0 Å². The van der Waals surface area contributed by atoms with Gasteiger partial charge in [-0.1, -0.05) is 18.2 Å². The number of carbonyl (C=O) groups excluding carboxylic acids is 2. The first kappa shape index (κ1) is 14.1. The molecular formula is C16H19NO4. The average molecular weight is 289 g/mol. The number of cyclic esters (lactones) is 1. The molecule has 2 aliphatic rings. The molecule has 2 heterocycles. The minimum absolute atomic E-state index is 0.0560. The van der Waals surface area contributed by atoms with Crippen LogP contribution in [0.3, 0.4) is 0 Å². The number of rotatable bonds is 3. The summed E-state index contributed by atoms with van der Waals surface area (Å²) in [5.41, 5.74) is 1.41. The van der Waals surface area contributed by atoms with Gasteiger partial charge in [-0.15, -0.1) is 0 Å². The Bertz CT molecular complexity index is 551. The van der Waals surface area contributed by atoms with Gasteiger partial charge in [0.1, 0.15) is 0 Å². The lowest BCUT2D eigenvalue weighted by Crippen LogP contribution is -2.48. The minimum atomic E-state index is -0.753. The second-order valence-corrected chi connectivity index (χ2v) is 5.60. The molecule has 0 saturated carbocycles. The third-order valence-electron chi connectivity index (χ3n) is 4.08. The van der Waals surface area contributed by atoms with Gasteiger partial charge in [0.05, 0.1) is 17.7 Å². The Hall–Kier alpha value is -1.88. The van der Waals surface area contributed by atoms with E-state index in [2.05, 4.69) is 5.32 Å². The summed E-state index contributed by atoms with van der Waals surface area (Å²) in [4.78, 5) is 24.2. The Labute approximate surface area is 123 Å². The Kier molecular flexibility index (Phi) is 3.92. The number of hydrogen-bond acceptors (Lipinski definition) is 4. The van der Waals surface area contributed by atoms with Gasteiger partial charge in [0, 0.05) is 13.0 Å². The van der Waals surface area contributed by atoms with E-state index in [9.17, 15) is 9.59 Å². The number of hydrogen-bond donors (Lipinski definition) is 1. The van der Waals surface area contributed by atoms with E-state index in [1.54, 1.807) is 12.1 Å². The second-order valence-electron chi connectivity index (χ2n) is 5.60. The zero-order chi connectivity index (χ0) is 14.8. The molecule has 21 heavy (non-hydrogen) atoms. The first-order chi connectivity index (χ1) is 10.1. The van der Waals surface area contributed by atoms with Gasteiger partial charge < -0.3 is 14.8 Å². The molecule has 0 unspecified atom stereocenters. The molecule has 0 spiro atoms. The quantitative estimate of drug-likeness (QED) is 0.855. The smallest absolute Gasteiger partial charge is 0.339 e. The van der Waals surface area contributed by atoms with E-state index in [1.807, 2.05) is 19.1 Å². The van der Waals surface area contributed by atoms with Crippen molar-refractivity contribution in [1.82, 2.24) is 5.32 Å². The summed E-state index contributed by atoms with van der Waals surface area (Å²) in [5, 5.41) is 2.90. The Morgan fingerprint density at radius 1 is 1.38 bits per heavy atom. The molecule has 0 bridgehead atoms. The van der Waals surface area contributed by atoms with Crippen molar-refractivity contribution in [3.05, 3.63) is 35.4 Å². The summed E-state index contributed by atoms with van der Waals surface area (Å²) in [6.07, 6.45) is 1.70. The average Bonchev–Trinajstić information content (AvgIpc) is 3.01. The van der Waals surface area contributed by atoms with E-state index in [4.69, 9.17) is 9.47 Å². The molecule has 5 heteroatoms. The fourth-order valence-electron chi connectivity index (χ4n) is 2.88. The maximum atomic E-state index is 12.3. The third-order valence-corrected chi connectivity index (χ3v) is 4.08. The summed E-state index contributed by atoms with van der Waals surface area (Å²) < 4.78 is 10.8. The highest BCUT2D eigenvalue weighted by atomic mass is 16.5. The van der Waals surface area contributed by atoms with E-state index in [-0.39, 0.29) is 18.1 Å². The molecule has 3 atom stereocenters. The number of fused-ring (bicyclic) bond motifs is 1. The van der Waals surface area contributed by atoms with Crippen molar-refractivity contribution in [3.8, 4) is 0 Å². The second kappa shape index (κ2) is 5.85. The summed E-state index contributed by atoms with van der Waals surface area (Å²) >= 11 is 0. The van der Waals surface area contributed by atoms with Crippen molar-refractivity contribution in [2.45, 2.75) is 44.4 Å². The number of ether oxygens (including phenoxy) is 2. The van der Waals surface area contributed by atoms with Crippen molar-refractivity contribution in [2.75, 3.05) is 6.61 Å². The van der Waals surface area contributed by atoms with Crippen LogP contribution in [0, 0.1) is 0 Å². The number of carbonyl (C=O) groups is 2. The monoisotopic (exact) mass is 289 g/mol. The van der Waals surface area contributed by atoms with Gasteiger partial charge in [0.25, 0.3) is 5.91 Å². The number of esters is 1. The van der Waals surface area contributed by atoms with Crippen molar-refractivity contribution in [2.24, 2.45) is 0 Å². The van der Waals surface area contributed by atoms with E-state index in [1.165, 1.54) is 0 Å². The van der Waals surface area contributed by atoms with Crippen LogP contribution in [0.2, 0.25) is 0 Å². The number of nitrogens with one attached hydrogen (secondary N) is 1. The van der Waals surface area contributed by atoms with Crippen LogP contribution in [-0.4, -0.2) is 36.7 Å². The van der Waals surface area contributed by atoms with Crippen molar-refractivity contribution >= 4 is 11.9 Å². The van der Waals surface area contributed by atoms with Gasteiger partial charge in [-0.3, -0.25) is 4.79 Å². The molecule has 112 valence electrons. The molecule has 0 aliphatic carbocycles. The lowest BCUT2D eigenvalue weighted by Gasteiger charge is -2.26. The molecule has 3 rings (SSSR count). The highest BCUT2D eigenvalue weighted by Crippen LogP contribution is 2.21. The van der Waals surface area contributed by atoms with Crippen LogP contribution in [0.5, 0.6) is 0 Å². The van der Waals surface area contributed by atoms with Gasteiger partial charge >= 0.3 is 5.97 Å². The summed E-state index contributed by atoms with van der Waals surface area (Å²) in [5.74, 6) is -0.678. The van der Waals surface area contributed by atoms with Gasteiger partial charge in [-0.05, 0) is 31.4 Å². The summed E-state index contributed by atoms with van der Waals surface area (Å²) in [6.45, 7) is 2.67. The zero-order valence-electron chi connectivity index (χ0n) is 12.0. The molecule has 0 aromatic heterocycles. The van der Waals surface area contributed by atoms with Gasteiger partial charge in [-0.25, -0.2) is 4.79 Å². The highest BCUT2D eigenvalue weighted by Gasteiger charge is 2.33. The standard InChI is InChI=1S/C16H19NO4/c1-10(13-7-4-8-20-13)17-15(18)14-9-11-5-2-3-6-12(11)16(19)21-14/h2-3,5-6,10,13-14H,4,7-9H2,1H3,(H,17,18)/t10-,13+,14-/m0/s1. The van der Waals surface area contributed by atoms with E-state index in [0.717, 1.165) is 25.0 Å². The van der Waals surface area contributed by atoms with Crippen LogP contribution in [0.1, 0.15) is 35.7 Å². The van der Waals surface area contributed by atoms with Crippen molar-refractivity contribution < 1.29 is 19.1 Å². The van der Waals surface area contributed by atoms with E-state index < -0.39 is 12.1 Å². The third kappa shape index (κ3) is 2.93. The van der Waals surface area contributed by atoms with Gasteiger partial charge in [0.15, 0.2) is 6.10 Å². The largest absolute Gasteiger partial charge is 0.448 e. The highest BCUT2D eigenvalue weighted by molar-refractivity contribution is 5.95. The minimum Gasteiger partial charge on any atom is -0.448 e. The van der Waals surface area contributed by atoms with Crippen LogP contribution < -0.4 is 5.32 Å². The summed E-state index contributed by atoms with van der Waals surface area (Å²) in [6, 6.07) is 7.16. The van der Waals surface area contributed by atoms with Gasteiger partial charge in [-0.2, -0.15) is 0 Å². The van der Waals surface area contributed by atoms with Crippen LogP contribution in [0.25, 0.3) is 0 Å². The molecule has 1 saturated heterocycles. The molecule has 1 aromatic rings. The Morgan fingerprint density at radius 3 is 2.95 bits per heavy atom. The normalized spacial score (nSPS) is 25.9. The fourth-order valence-corrected chi connectivity index (χ4v) is 2.88. The first-order valence-electron chi connectivity index (χ1n) is 7.36. The SMILES string of the molecule is C[C@H](NC(=O)[C@@H]1Cc2ccccc2C(=O)O1)[C@H]1CCCO1. The molecule has 1 aromatic carbocycles. The maximum absolute atomic E-state index is 12.3. The molecule has 2 aliphatic heterocycles. The molecule has 1 N–H and O–H groups in total. The molecule has 5 nitrogen and oxygen atoms in total. The fraction of sp³-hybridized carbons (Fsp3) is 0.500. The lowest BCUT2D eigenvalue weighted by atomic mass is 9.98. The van der Waals surface area contributed by atoms with Crippen LogP contribution >= 0.6 is 0 Å². The molecule has 1 amide bonds. The molecular weight excluding hydrogens is 270 g/mol. The number of benzene rings is 1. The predicted octanol–water partition coefficient (Wildman–Crippen LogP) is 1.45. The summed E-state index contributed by atoms with van der Waals surface area (Å²) in [7, 11) is 0. The topological polar surface area (TPSA) is 64.6 Å². The maximum Gasteiger partial charge on any atom is 0.339 e. The Morgan fingerprint density at radius 2 is 2.19 bits per heavy atom. The number of amides is 1. The Balaban J connectivity index is 1.65. The van der Waals surface area contributed by atoms with Gasteiger partial charge in [0.2, 0.25) is 0 Å². The molecule has 0 radical (unpaired) electrons. The lowest BCUT2D eigenvalue weighted by molar-refractivity contribution is -0.131. The molecule has 1 fully saturated rings. The predicted molar refractivity (Wildman–Crippen MR) is 75.9 cm³/mol. The van der Waals surface area contributed by atoms with Crippen LogP contribution in [0.15, 0.2) is 24.3 Å². The van der Waals surface area contributed by atoms with Crippen LogP contribution in [0.4, 0.5) is 0 Å².